The van der Waals surface area contributed by atoms with Gasteiger partial charge in [0.25, 0.3) is 0 Å². The second-order valence-corrected chi connectivity index (χ2v) is 5.71. The van der Waals surface area contributed by atoms with Gasteiger partial charge in [0.05, 0.1) is 0 Å². The van der Waals surface area contributed by atoms with Crippen LogP contribution in [0.25, 0.3) is 0 Å². The van der Waals surface area contributed by atoms with E-state index in [1.165, 1.54) is 0 Å². The number of nitrogens with zero attached hydrogens (tertiary/aromatic N) is 3. The van der Waals surface area contributed by atoms with E-state index in [2.05, 4.69) is 27.9 Å². The maximum Gasteiger partial charge on any atom is 0.867 e. The van der Waals surface area contributed by atoms with Crippen LogP contribution < -0.4 is 9.31 Å². The molecule has 0 N–H and O–H groups in total. The molecule has 0 unspecified atom stereocenters. The molecule has 1 aliphatic rings. The molecule has 0 spiro atoms. The molecule has 3 rings (SSSR count). The van der Waals surface area contributed by atoms with E-state index >= 15 is 0 Å². The van der Waals surface area contributed by atoms with Gasteiger partial charge in [-0.25, -0.2) is 9.97 Å². The SMILES string of the molecule is CCCCN1CC=CC=C1OB(Oc1ccccn1)Oc1ccccn1. The summed E-state index contributed by atoms with van der Waals surface area (Å²) in [5.74, 6) is 1.54. The zero-order valence-electron chi connectivity index (χ0n) is 14.8. The Hall–Kier alpha value is -2.96. The number of pyridine rings is 2. The third-order valence-corrected chi connectivity index (χ3v) is 3.72. The molecule has 0 fully saturated rings. The summed E-state index contributed by atoms with van der Waals surface area (Å²) in [6.45, 7) is 3.87. The van der Waals surface area contributed by atoms with Gasteiger partial charge in [-0.3, -0.25) is 0 Å². The first-order valence-corrected chi connectivity index (χ1v) is 8.79. The first kappa shape index (κ1) is 17.9. The topological polar surface area (TPSA) is 56.7 Å². The van der Waals surface area contributed by atoms with Crippen LogP contribution in [0.2, 0.25) is 0 Å². The van der Waals surface area contributed by atoms with Gasteiger partial charge in [-0.1, -0.05) is 37.6 Å². The molecule has 2 aromatic rings. The fourth-order valence-electron chi connectivity index (χ4n) is 2.40. The normalized spacial score (nSPS) is 13.1. The molecule has 0 saturated heterocycles. The molecule has 0 amide bonds. The molecular weight excluding hydrogens is 329 g/mol. The second kappa shape index (κ2) is 9.51. The molecule has 0 aliphatic carbocycles. The Labute approximate surface area is 154 Å². The first-order valence-electron chi connectivity index (χ1n) is 8.79. The van der Waals surface area contributed by atoms with Crippen LogP contribution in [0, 0.1) is 0 Å². The predicted molar refractivity (Wildman–Crippen MR) is 100 cm³/mol. The maximum absolute atomic E-state index is 6.02. The highest BCUT2D eigenvalue weighted by molar-refractivity contribution is 6.38. The summed E-state index contributed by atoms with van der Waals surface area (Å²) in [5.41, 5.74) is 0. The molecule has 3 heterocycles. The van der Waals surface area contributed by atoms with Crippen molar-refractivity contribution in [1.82, 2.24) is 14.9 Å². The van der Waals surface area contributed by atoms with E-state index in [0.29, 0.717) is 17.6 Å². The molecule has 6 nitrogen and oxygen atoms in total. The van der Waals surface area contributed by atoms with Crippen molar-refractivity contribution in [3.05, 3.63) is 72.9 Å². The molecular formula is C19H22BN3O3. The lowest BCUT2D eigenvalue weighted by atomic mass is 10.2. The van der Waals surface area contributed by atoms with Gasteiger partial charge in [0, 0.05) is 25.5 Å². The van der Waals surface area contributed by atoms with E-state index in [0.717, 1.165) is 25.9 Å². The zero-order chi connectivity index (χ0) is 18.0. The molecule has 0 atom stereocenters. The van der Waals surface area contributed by atoms with Gasteiger partial charge in [0.15, 0.2) is 17.6 Å². The van der Waals surface area contributed by atoms with Crippen molar-refractivity contribution in [2.75, 3.05) is 13.1 Å². The molecule has 26 heavy (non-hydrogen) atoms. The molecule has 0 bridgehead atoms. The standard InChI is InChI=1S/C19H22BN3O3/c1-2-3-15-23-16-9-6-12-19(23)26-20(24-17-10-4-7-13-21-17)25-18-11-5-8-14-22-18/h4-14H,2-3,15-16H2,1H3. The summed E-state index contributed by atoms with van der Waals surface area (Å²) in [7, 11) is -0.998. The lowest BCUT2D eigenvalue weighted by Crippen LogP contribution is -2.38. The lowest BCUT2D eigenvalue weighted by molar-refractivity contribution is 0.167. The summed E-state index contributed by atoms with van der Waals surface area (Å²) in [6, 6.07) is 10.8. The van der Waals surface area contributed by atoms with Crippen LogP contribution in [0.3, 0.4) is 0 Å². The van der Waals surface area contributed by atoms with Gasteiger partial charge in [-0.15, -0.1) is 0 Å². The minimum atomic E-state index is -0.998. The summed E-state index contributed by atoms with van der Waals surface area (Å²) < 4.78 is 17.6. The Morgan fingerprint density at radius 2 is 1.69 bits per heavy atom. The summed E-state index contributed by atoms with van der Waals surface area (Å²) in [4.78, 5) is 10.5. The van der Waals surface area contributed by atoms with Crippen molar-refractivity contribution in [2.24, 2.45) is 0 Å². The van der Waals surface area contributed by atoms with E-state index in [1.807, 2.05) is 36.4 Å². The second-order valence-electron chi connectivity index (χ2n) is 5.71. The van der Waals surface area contributed by atoms with Gasteiger partial charge in [-0.05, 0) is 36.8 Å². The van der Waals surface area contributed by atoms with Crippen LogP contribution in [0.15, 0.2) is 72.9 Å². The molecule has 1 aliphatic heterocycles. The van der Waals surface area contributed by atoms with Crippen LogP contribution in [-0.4, -0.2) is 35.3 Å². The van der Waals surface area contributed by atoms with Gasteiger partial charge in [0.1, 0.15) is 0 Å². The van der Waals surface area contributed by atoms with E-state index in [-0.39, 0.29) is 0 Å². The van der Waals surface area contributed by atoms with Gasteiger partial charge >= 0.3 is 7.32 Å². The molecule has 0 aromatic carbocycles. The zero-order valence-corrected chi connectivity index (χ0v) is 14.8. The van der Waals surface area contributed by atoms with Crippen LogP contribution in [0.4, 0.5) is 0 Å². The number of unbranched alkanes of at least 4 members (excludes halogenated alkanes) is 1. The monoisotopic (exact) mass is 351 g/mol. The Bertz CT molecular complexity index is 684. The molecule has 7 heteroatoms. The van der Waals surface area contributed by atoms with Crippen molar-refractivity contribution in [1.29, 1.82) is 0 Å². The fourth-order valence-corrected chi connectivity index (χ4v) is 2.40. The largest absolute Gasteiger partial charge is 0.867 e. The van der Waals surface area contributed by atoms with E-state index in [9.17, 15) is 0 Å². The molecule has 0 radical (unpaired) electrons. The smallest absolute Gasteiger partial charge is 0.476 e. The Kier molecular flexibility index (Phi) is 6.53. The Balaban J connectivity index is 1.73. The fraction of sp³-hybridized carbons (Fsp3) is 0.263. The number of rotatable bonds is 9. The predicted octanol–water partition coefficient (Wildman–Crippen LogP) is 3.45. The quantitative estimate of drug-likeness (QED) is 0.645. The average Bonchev–Trinajstić information content (AvgIpc) is 2.69. The highest BCUT2D eigenvalue weighted by Crippen LogP contribution is 2.17. The first-order chi connectivity index (χ1) is 12.8. The van der Waals surface area contributed by atoms with Crippen molar-refractivity contribution in [3.8, 4) is 11.8 Å². The number of hydrogen-bond donors (Lipinski definition) is 0. The third-order valence-electron chi connectivity index (χ3n) is 3.72. The highest BCUT2D eigenvalue weighted by atomic mass is 16.7. The van der Waals surface area contributed by atoms with Crippen molar-refractivity contribution >= 4 is 7.32 Å². The minimum absolute atomic E-state index is 0.417. The van der Waals surface area contributed by atoms with Crippen molar-refractivity contribution in [2.45, 2.75) is 19.8 Å². The summed E-state index contributed by atoms with van der Waals surface area (Å²) >= 11 is 0. The molecule has 134 valence electrons. The van der Waals surface area contributed by atoms with Crippen LogP contribution >= 0.6 is 0 Å². The van der Waals surface area contributed by atoms with Crippen LogP contribution in [0.1, 0.15) is 19.8 Å². The van der Waals surface area contributed by atoms with Crippen molar-refractivity contribution in [3.63, 3.8) is 0 Å². The highest BCUT2D eigenvalue weighted by Gasteiger charge is 2.33. The van der Waals surface area contributed by atoms with Crippen LogP contribution in [0.5, 0.6) is 11.8 Å². The van der Waals surface area contributed by atoms with Gasteiger partial charge in [0.2, 0.25) is 0 Å². The molecule has 0 saturated carbocycles. The van der Waals surface area contributed by atoms with E-state index < -0.39 is 7.32 Å². The number of hydrogen-bond acceptors (Lipinski definition) is 6. The van der Waals surface area contributed by atoms with E-state index in [1.54, 1.807) is 24.5 Å². The lowest BCUT2D eigenvalue weighted by Gasteiger charge is -2.29. The van der Waals surface area contributed by atoms with Gasteiger partial charge < -0.3 is 18.9 Å². The summed E-state index contributed by atoms with van der Waals surface area (Å²) in [5, 5.41) is 0. The molecule has 2 aromatic heterocycles. The maximum atomic E-state index is 6.02. The minimum Gasteiger partial charge on any atom is -0.476 e. The Morgan fingerprint density at radius 3 is 2.27 bits per heavy atom. The number of aromatic nitrogens is 2. The summed E-state index contributed by atoms with van der Waals surface area (Å²) in [6.07, 6.45) is 11.5. The average molecular weight is 351 g/mol. The Morgan fingerprint density at radius 1 is 1.00 bits per heavy atom. The van der Waals surface area contributed by atoms with Crippen LogP contribution in [-0.2, 0) is 4.65 Å². The number of allylic oxidation sites excluding steroid dienone is 2. The van der Waals surface area contributed by atoms with Crippen molar-refractivity contribution < 1.29 is 14.0 Å². The third kappa shape index (κ3) is 5.27. The van der Waals surface area contributed by atoms with E-state index in [4.69, 9.17) is 14.0 Å². The van der Waals surface area contributed by atoms with Gasteiger partial charge in [-0.2, -0.15) is 0 Å².